The fourth-order valence-electron chi connectivity index (χ4n) is 1.35. The Bertz CT molecular complexity index is 203. The van der Waals surface area contributed by atoms with Gasteiger partial charge in [-0.15, -0.1) is 0 Å². The van der Waals surface area contributed by atoms with Crippen LogP contribution < -0.4 is 5.73 Å². The van der Waals surface area contributed by atoms with E-state index in [0.29, 0.717) is 19.5 Å². The Balaban J connectivity index is 2.59. The predicted octanol–water partition coefficient (Wildman–Crippen LogP) is -0.475. The molecule has 1 aliphatic heterocycles. The molecular weight excluding hydrogens is 156 g/mol. The standard InChI is InChI=1S/C8H14N2O2/c1-6(11)10-4-2-3-8(12)7(9)5-10/h7H,2-5,9H2,1H3. The molecule has 0 aliphatic carbocycles. The molecule has 1 atom stereocenters. The zero-order valence-corrected chi connectivity index (χ0v) is 7.25. The lowest BCUT2D eigenvalue weighted by Gasteiger charge is -2.19. The van der Waals surface area contributed by atoms with Gasteiger partial charge in [-0.1, -0.05) is 0 Å². The van der Waals surface area contributed by atoms with Gasteiger partial charge in [0.25, 0.3) is 0 Å². The number of nitrogens with two attached hydrogens (primary N) is 1. The quantitative estimate of drug-likeness (QED) is 0.534. The lowest BCUT2D eigenvalue weighted by molar-refractivity contribution is -0.129. The average Bonchev–Trinajstić information content (AvgIpc) is 2.15. The number of amides is 1. The van der Waals surface area contributed by atoms with E-state index in [1.165, 1.54) is 6.92 Å². The molecule has 0 aromatic rings. The molecular formula is C8H14N2O2. The first-order valence-electron chi connectivity index (χ1n) is 4.15. The first-order chi connectivity index (χ1) is 5.61. The Morgan fingerprint density at radius 2 is 2.33 bits per heavy atom. The first kappa shape index (κ1) is 9.19. The molecule has 0 aromatic carbocycles. The summed E-state index contributed by atoms with van der Waals surface area (Å²) in [5.41, 5.74) is 5.56. The molecule has 1 unspecified atom stereocenters. The van der Waals surface area contributed by atoms with Crippen molar-refractivity contribution in [3.63, 3.8) is 0 Å². The number of Topliss-reactive ketones (excluding diaryl/α,β-unsaturated/α-hetero) is 1. The predicted molar refractivity (Wildman–Crippen MR) is 44.5 cm³/mol. The number of ketones is 1. The highest BCUT2D eigenvalue weighted by molar-refractivity contribution is 5.85. The van der Waals surface area contributed by atoms with E-state index in [-0.39, 0.29) is 11.7 Å². The molecule has 2 N–H and O–H groups in total. The van der Waals surface area contributed by atoms with Crippen molar-refractivity contribution in [3.8, 4) is 0 Å². The van der Waals surface area contributed by atoms with Crippen molar-refractivity contribution >= 4 is 11.7 Å². The maximum atomic E-state index is 11.1. The molecule has 4 nitrogen and oxygen atoms in total. The van der Waals surface area contributed by atoms with Crippen LogP contribution in [-0.2, 0) is 9.59 Å². The Hall–Kier alpha value is -0.900. The van der Waals surface area contributed by atoms with Crippen LogP contribution in [-0.4, -0.2) is 35.7 Å². The molecule has 0 spiro atoms. The molecule has 0 bridgehead atoms. The monoisotopic (exact) mass is 170 g/mol. The summed E-state index contributed by atoms with van der Waals surface area (Å²) in [6, 6.07) is -0.476. The largest absolute Gasteiger partial charge is 0.341 e. The Kier molecular flexibility index (Phi) is 2.81. The summed E-state index contributed by atoms with van der Waals surface area (Å²) >= 11 is 0. The van der Waals surface area contributed by atoms with Crippen LogP contribution in [0.1, 0.15) is 19.8 Å². The van der Waals surface area contributed by atoms with E-state index in [1.807, 2.05) is 0 Å². The fraction of sp³-hybridized carbons (Fsp3) is 0.750. The summed E-state index contributed by atoms with van der Waals surface area (Å²) in [4.78, 5) is 23.7. The third-order valence-electron chi connectivity index (χ3n) is 2.13. The highest BCUT2D eigenvalue weighted by Gasteiger charge is 2.22. The summed E-state index contributed by atoms with van der Waals surface area (Å²) < 4.78 is 0. The van der Waals surface area contributed by atoms with Crippen molar-refractivity contribution in [1.82, 2.24) is 4.90 Å². The summed E-state index contributed by atoms with van der Waals surface area (Å²) in [6.45, 7) is 2.55. The van der Waals surface area contributed by atoms with Gasteiger partial charge < -0.3 is 10.6 Å². The van der Waals surface area contributed by atoms with Crippen molar-refractivity contribution in [3.05, 3.63) is 0 Å². The second-order valence-corrected chi connectivity index (χ2v) is 3.14. The molecule has 1 amide bonds. The van der Waals surface area contributed by atoms with E-state index in [2.05, 4.69) is 0 Å². The Morgan fingerprint density at radius 3 is 2.92 bits per heavy atom. The summed E-state index contributed by atoms with van der Waals surface area (Å²) in [5.74, 6) is 0.0684. The lowest BCUT2D eigenvalue weighted by Crippen LogP contribution is -2.42. The van der Waals surface area contributed by atoms with E-state index >= 15 is 0 Å². The minimum atomic E-state index is -0.476. The first-order valence-corrected chi connectivity index (χ1v) is 4.15. The fourth-order valence-corrected chi connectivity index (χ4v) is 1.35. The Morgan fingerprint density at radius 1 is 1.67 bits per heavy atom. The molecule has 0 aromatic heterocycles. The van der Waals surface area contributed by atoms with Gasteiger partial charge in [-0.05, 0) is 6.42 Å². The third kappa shape index (κ3) is 2.04. The van der Waals surface area contributed by atoms with Gasteiger partial charge in [-0.2, -0.15) is 0 Å². The minimum absolute atomic E-state index is 0.000139. The normalized spacial score (nSPS) is 25.3. The van der Waals surface area contributed by atoms with E-state index < -0.39 is 6.04 Å². The van der Waals surface area contributed by atoms with Crippen LogP contribution in [0.2, 0.25) is 0 Å². The van der Waals surface area contributed by atoms with Gasteiger partial charge in [-0.3, -0.25) is 9.59 Å². The van der Waals surface area contributed by atoms with Gasteiger partial charge in [0.05, 0.1) is 6.04 Å². The number of likely N-dealkylation sites (tertiary alicyclic amines) is 1. The van der Waals surface area contributed by atoms with E-state index in [9.17, 15) is 9.59 Å². The van der Waals surface area contributed by atoms with Gasteiger partial charge >= 0.3 is 0 Å². The topological polar surface area (TPSA) is 63.4 Å². The Labute approximate surface area is 71.7 Å². The highest BCUT2D eigenvalue weighted by atomic mass is 16.2. The number of hydrogen-bond donors (Lipinski definition) is 1. The van der Waals surface area contributed by atoms with Crippen LogP contribution in [0.3, 0.4) is 0 Å². The zero-order chi connectivity index (χ0) is 9.14. The SMILES string of the molecule is CC(=O)N1CCCC(=O)C(N)C1. The molecule has 1 fully saturated rings. The van der Waals surface area contributed by atoms with Crippen molar-refractivity contribution in [2.24, 2.45) is 5.73 Å². The van der Waals surface area contributed by atoms with Crippen molar-refractivity contribution < 1.29 is 9.59 Å². The van der Waals surface area contributed by atoms with Crippen LogP contribution in [0, 0.1) is 0 Å². The number of hydrogen-bond acceptors (Lipinski definition) is 3. The number of carbonyl (C=O) groups is 2. The van der Waals surface area contributed by atoms with Crippen LogP contribution in [0.4, 0.5) is 0 Å². The van der Waals surface area contributed by atoms with Crippen LogP contribution in [0.5, 0.6) is 0 Å². The van der Waals surface area contributed by atoms with Gasteiger partial charge in [-0.25, -0.2) is 0 Å². The third-order valence-corrected chi connectivity index (χ3v) is 2.13. The number of nitrogens with zero attached hydrogens (tertiary/aromatic N) is 1. The second-order valence-electron chi connectivity index (χ2n) is 3.14. The van der Waals surface area contributed by atoms with Gasteiger partial charge in [0.1, 0.15) is 0 Å². The lowest BCUT2D eigenvalue weighted by atomic mass is 10.1. The smallest absolute Gasteiger partial charge is 0.219 e. The van der Waals surface area contributed by atoms with Gasteiger partial charge in [0, 0.05) is 26.4 Å². The number of rotatable bonds is 0. The summed E-state index contributed by atoms with van der Waals surface area (Å²) in [7, 11) is 0. The minimum Gasteiger partial charge on any atom is -0.341 e. The second kappa shape index (κ2) is 3.67. The van der Waals surface area contributed by atoms with Gasteiger partial charge in [0.2, 0.25) is 5.91 Å². The molecule has 1 heterocycles. The van der Waals surface area contributed by atoms with Gasteiger partial charge in [0.15, 0.2) is 5.78 Å². The molecule has 0 saturated carbocycles. The molecule has 0 radical (unpaired) electrons. The maximum Gasteiger partial charge on any atom is 0.219 e. The highest BCUT2D eigenvalue weighted by Crippen LogP contribution is 2.05. The maximum absolute atomic E-state index is 11.1. The average molecular weight is 170 g/mol. The van der Waals surface area contributed by atoms with Crippen molar-refractivity contribution in [2.45, 2.75) is 25.8 Å². The molecule has 68 valence electrons. The number of carbonyl (C=O) groups excluding carboxylic acids is 2. The molecule has 12 heavy (non-hydrogen) atoms. The molecule has 1 aliphatic rings. The van der Waals surface area contributed by atoms with Crippen molar-refractivity contribution in [1.29, 1.82) is 0 Å². The molecule has 1 rings (SSSR count). The van der Waals surface area contributed by atoms with Crippen LogP contribution in [0.15, 0.2) is 0 Å². The van der Waals surface area contributed by atoms with E-state index in [4.69, 9.17) is 5.73 Å². The summed E-state index contributed by atoms with van der Waals surface area (Å²) in [6.07, 6.45) is 1.25. The van der Waals surface area contributed by atoms with Crippen LogP contribution >= 0.6 is 0 Å². The molecule has 4 heteroatoms. The summed E-state index contributed by atoms with van der Waals surface area (Å²) in [5, 5.41) is 0. The van der Waals surface area contributed by atoms with Crippen molar-refractivity contribution in [2.75, 3.05) is 13.1 Å². The van der Waals surface area contributed by atoms with E-state index in [1.54, 1.807) is 4.90 Å². The van der Waals surface area contributed by atoms with E-state index in [0.717, 1.165) is 6.42 Å². The molecule has 1 saturated heterocycles. The van der Waals surface area contributed by atoms with Crippen LogP contribution in [0.25, 0.3) is 0 Å². The zero-order valence-electron chi connectivity index (χ0n) is 7.25.